The standard InChI is InChI=1S/C76H66N2/c1-47-19-27-51(28-20-47)77(53-31-37-61-57-15-11-13-17-65(57)73(3,4)69(61)43-53)55-33-39-63-59-35-25-49(41-67(59)75(7,8)71(63)45-55)23-24-50-26-36-60-64-40-34-56(46-72(64)76(9,10)68(60)42-50)78(52-29-21-48(2)22-30-52)54-32-38-62-58-16-12-14-18-66(58)74(5,6)70(62)44-54/h11-46H,1-10H3/b24-23+. The van der Waals surface area contributed by atoms with Crippen LogP contribution >= 0.6 is 0 Å². The van der Waals surface area contributed by atoms with Crippen LogP contribution in [0.1, 0.15) is 122 Å². The Morgan fingerprint density at radius 3 is 0.808 bits per heavy atom. The van der Waals surface area contributed by atoms with Gasteiger partial charge in [-0.25, -0.2) is 0 Å². The fourth-order valence-electron chi connectivity index (χ4n) is 14.1. The van der Waals surface area contributed by atoms with Gasteiger partial charge in [-0.05, 0) is 187 Å². The van der Waals surface area contributed by atoms with E-state index in [0.717, 1.165) is 11.4 Å². The summed E-state index contributed by atoms with van der Waals surface area (Å²) in [5.41, 5.74) is 33.0. The van der Waals surface area contributed by atoms with E-state index >= 15 is 0 Å². The highest BCUT2D eigenvalue weighted by Gasteiger charge is 2.40. The molecule has 0 N–H and O–H groups in total. The molecule has 0 spiro atoms. The van der Waals surface area contributed by atoms with Gasteiger partial charge in [-0.15, -0.1) is 0 Å². The first kappa shape index (κ1) is 48.0. The van der Waals surface area contributed by atoms with Gasteiger partial charge in [0.25, 0.3) is 0 Å². The van der Waals surface area contributed by atoms with E-state index in [2.05, 4.69) is 297 Å². The lowest BCUT2D eigenvalue weighted by molar-refractivity contribution is 0.659. The highest BCUT2D eigenvalue weighted by atomic mass is 15.1. The number of benzene rings is 10. The molecule has 0 fully saturated rings. The first-order chi connectivity index (χ1) is 37.5. The van der Waals surface area contributed by atoms with E-state index in [-0.39, 0.29) is 21.7 Å². The minimum absolute atomic E-state index is 0.0928. The van der Waals surface area contributed by atoms with Gasteiger partial charge >= 0.3 is 0 Å². The van der Waals surface area contributed by atoms with Crippen molar-refractivity contribution >= 4 is 46.3 Å². The van der Waals surface area contributed by atoms with Gasteiger partial charge in [0.15, 0.2) is 0 Å². The van der Waals surface area contributed by atoms with Crippen LogP contribution in [0.5, 0.6) is 0 Å². The van der Waals surface area contributed by atoms with Crippen molar-refractivity contribution in [1.82, 2.24) is 0 Å². The largest absolute Gasteiger partial charge is 0.310 e. The van der Waals surface area contributed by atoms with Crippen molar-refractivity contribution in [2.75, 3.05) is 9.80 Å². The summed E-state index contributed by atoms with van der Waals surface area (Å²) in [6.07, 6.45) is 4.62. The molecule has 0 aromatic heterocycles. The Hall–Kier alpha value is -8.46. The molecule has 4 aliphatic carbocycles. The molecular formula is C76H66N2. The molecule has 0 aliphatic heterocycles. The van der Waals surface area contributed by atoms with E-state index in [1.807, 2.05) is 0 Å². The summed E-state index contributed by atoms with van der Waals surface area (Å²) >= 11 is 0. The van der Waals surface area contributed by atoms with Crippen molar-refractivity contribution < 1.29 is 0 Å². The number of hydrogen-bond acceptors (Lipinski definition) is 2. The van der Waals surface area contributed by atoms with Gasteiger partial charge in [0.1, 0.15) is 0 Å². The fraction of sp³-hybridized carbons (Fsp3) is 0.184. The summed E-state index contributed by atoms with van der Waals surface area (Å²) in [4.78, 5) is 4.91. The first-order valence-electron chi connectivity index (χ1n) is 28.0. The van der Waals surface area contributed by atoms with Gasteiger partial charge in [-0.3, -0.25) is 0 Å². The van der Waals surface area contributed by atoms with Crippen LogP contribution < -0.4 is 9.80 Å². The van der Waals surface area contributed by atoms with E-state index < -0.39 is 0 Å². The van der Waals surface area contributed by atoms with Crippen LogP contribution in [0, 0.1) is 13.8 Å². The molecule has 380 valence electrons. The number of anilines is 6. The molecule has 0 radical (unpaired) electrons. The molecule has 78 heavy (non-hydrogen) atoms. The van der Waals surface area contributed by atoms with Crippen molar-refractivity contribution in [2.45, 2.75) is 90.9 Å². The molecule has 0 unspecified atom stereocenters. The number of fused-ring (bicyclic) bond motifs is 12. The average molecular weight is 1010 g/mol. The minimum atomic E-state index is -0.203. The number of aryl methyl sites for hydroxylation is 2. The number of rotatable bonds is 8. The monoisotopic (exact) mass is 1010 g/mol. The third-order valence-electron chi connectivity index (χ3n) is 18.6. The van der Waals surface area contributed by atoms with Crippen LogP contribution in [-0.4, -0.2) is 0 Å². The smallest absolute Gasteiger partial charge is 0.0465 e. The van der Waals surface area contributed by atoms with E-state index in [0.29, 0.717) is 0 Å². The Morgan fingerprint density at radius 1 is 0.244 bits per heavy atom. The van der Waals surface area contributed by atoms with Crippen LogP contribution in [-0.2, 0) is 21.7 Å². The van der Waals surface area contributed by atoms with Crippen molar-refractivity contribution in [3.63, 3.8) is 0 Å². The van der Waals surface area contributed by atoms with Gasteiger partial charge in [0, 0.05) is 55.8 Å². The predicted octanol–water partition coefficient (Wildman–Crippen LogP) is 20.6. The molecular weight excluding hydrogens is 941 g/mol. The average Bonchev–Trinajstić information content (AvgIpc) is 4.25. The van der Waals surface area contributed by atoms with Gasteiger partial charge in [-0.1, -0.05) is 212 Å². The Bertz CT molecular complexity index is 3890. The predicted molar refractivity (Wildman–Crippen MR) is 331 cm³/mol. The van der Waals surface area contributed by atoms with Gasteiger partial charge in [0.05, 0.1) is 0 Å². The SMILES string of the molecule is Cc1ccc(N(c2ccc3c(c2)C(C)(C)c2ccccc2-3)c2ccc3c(c2)C(C)(C)c2cc(/C=C/c4ccc5c(c4)C(C)(C)c4cc(N(c6ccc(C)cc6)c6ccc7c(c6)C(C)(C)c6ccccc6-7)ccc4-5)ccc2-3)cc1. The number of nitrogens with zero attached hydrogens (tertiary/aromatic N) is 2. The van der Waals surface area contributed by atoms with E-state index in [1.165, 1.54) is 134 Å². The minimum Gasteiger partial charge on any atom is -0.310 e. The zero-order valence-corrected chi connectivity index (χ0v) is 46.7. The van der Waals surface area contributed by atoms with Crippen LogP contribution in [0.4, 0.5) is 34.1 Å². The molecule has 0 saturated carbocycles. The molecule has 4 aliphatic rings. The Labute approximate surface area is 462 Å². The van der Waals surface area contributed by atoms with Crippen molar-refractivity contribution in [3.05, 3.63) is 273 Å². The van der Waals surface area contributed by atoms with Crippen LogP contribution in [0.2, 0.25) is 0 Å². The zero-order valence-electron chi connectivity index (χ0n) is 46.7. The quantitative estimate of drug-likeness (QED) is 0.140. The van der Waals surface area contributed by atoms with Crippen LogP contribution in [0.3, 0.4) is 0 Å². The molecule has 10 aromatic carbocycles. The molecule has 0 atom stereocenters. The molecule has 14 rings (SSSR count). The lowest BCUT2D eigenvalue weighted by Crippen LogP contribution is -2.18. The van der Waals surface area contributed by atoms with E-state index in [4.69, 9.17) is 0 Å². The zero-order chi connectivity index (χ0) is 53.6. The molecule has 10 aromatic rings. The maximum atomic E-state index is 2.46. The second-order valence-corrected chi connectivity index (χ2v) is 24.8. The van der Waals surface area contributed by atoms with Gasteiger partial charge in [-0.2, -0.15) is 0 Å². The van der Waals surface area contributed by atoms with Crippen molar-refractivity contribution in [1.29, 1.82) is 0 Å². The van der Waals surface area contributed by atoms with Crippen LogP contribution in [0.25, 0.3) is 56.7 Å². The Kier molecular flexibility index (Phi) is 10.5. The second-order valence-electron chi connectivity index (χ2n) is 24.8. The van der Waals surface area contributed by atoms with E-state index in [9.17, 15) is 0 Å². The first-order valence-corrected chi connectivity index (χ1v) is 28.0. The molecule has 2 nitrogen and oxygen atoms in total. The van der Waals surface area contributed by atoms with Crippen LogP contribution in [0.15, 0.2) is 206 Å². The summed E-state index contributed by atoms with van der Waals surface area (Å²) in [6.45, 7) is 23.4. The van der Waals surface area contributed by atoms with Crippen molar-refractivity contribution in [3.8, 4) is 44.5 Å². The van der Waals surface area contributed by atoms with Gasteiger partial charge < -0.3 is 9.80 Å². The second kappa shape index (κ2) is 17.0. The highest BCUT2D eigenvalue weighted by molar-refractivity contribution is 5.92. The third-order valence-corrected chi connectivity index (χ3v) is 18.6. The number of hydrogen-bond donors (Lipinski definition) is 0. The maximum Gasteiger partial charge on any atom is 0.0465 e. The normalized spacial score (nSPS) is 15.7. The molecule has 0 heterocycles. The highest BCUT2D eigenvalue weighted by Crippen LogP contribution is 2.56. The summed E-state index contributed by atoms with van der Waals surface area (Å²) in [6, 6.07) is 78.4. The summed E-state index contributed by atoms with van der Waals surface area (Å²) < 4.78 is 0. The Balaban J connectivity index is 0.761. The lowest BCUT2D eigenvalue weighted by Gasteiger charge is -2.30. The molecule has 0 saturated heterocycles. The third kappa shape index (κ3) is 7.15. The molecule has 0 amide bonds. The summed E-state index contributed by atoms with van der Waals surface area (Å²) in [5, 5.41) is 0. The van der Waals surface area contributed by atoms with Crippen molar-refractivity contribution in [2.24, 2.45) is 0 Å². The topological polar surface area (TPSA) is 6.48 Å². The summed E-state index contributed by atoms with van der Waals surface area (Å²) in [7, 11) is 0. The fourth-order valence-corrected chi connectivity index (χ4v) is 14.1. The van der Waals surface area contributed by atoms with E-state index in [1.54, 1.807) is 0 Å². The molecule has 2 heteroatoms. The lowest BCUT2D eigenvalue weighted by atomic mass is 9.81. The van der Waals surface area contributed by atoms with Gasteiger partial charge in [0.2, 0.25) is 0 Å². The summed E-state index contributed by atoms with van der Waals surface area (Å²) in [5.74, 6) is 0. The molecule has 0 bridgehead atoms. The maximum absolute atomic E-state index is 2.46. The Morgan fingerprint density at radius 2 is 0.487 bits per heavy atom.